The maximum atomic E-state index is 13.1. The third-order valence-corrected chi connectivity index (χ3v) is 3.40. The summed E-state index contributed by atoms with van der Waals surface area (Å²) in [4.78, 5) is 4.43. The molecule has 0 saturated carbocycles. The third kappa shape index (κ3) is 1.93. The van der Waals surface area contributed by atoms with E-state index in [1.807, 2.05) is 0 Å². The first-order valence-electron chi connectivity index (χ1n) is 6.03. The maximum absolute atomic E-state index is 13.1. The van der Waals surface area contributed by atoms with Crippen molar-refractivity contribution in [1.29, 1.82) is 0 Å². The van der Waals surface area contributed by atoms with Gasteiger partial charge in [-0.05, 0) is 37.4 Å². The molecule has 0 amide bonds. The van der Waals surface area contributed by atoms with Gasteiger partial charge in [-0.2, -0.15) is 0 Å². The summed E-state index contributed by atoms with van der Waals surface area (Å²) in [6.45, 7) is 3.17. The van der Waals surface area contributed by atoms with Crippen LogP contribution in [-0.4, -0.2) is 11.5 Å². The lowest BCUT2D eigenvalue weighted by Crippen LogP contribution is -2.32. The smallest absolute Gasteiger partial charge is 0.212 e. The molecule has 0 bridgehead atoms. The Bertz CT molecular complexity index is 537. The first-order chi connectivity index (χ1) is 8.24. The highest BCUT2D eigenvalue weighted by molar-refractivity contribution is 5.72. The minimum atomic E-state index is -0.287. The Balaban J connectivity index is 1.99. The first-order valence-corrected chi connectivity index (χ1v) is 6.03. The fourth-order valence-electron chi connectivity index (χ4n) is 2.43. The summed E-state index contributed by atoms with van der Waals surface area (Å²) in [6.07, 6.45) is 2.36. The fourth-order valence-corrected chi connectivity index (χ4v) is 2.43. The molecular weight excluding hydrogens is 219 g/mol. The van der Waals surface area contributed by atoms with Gasteiger partial charge in [0.05, 0.1) is 6.04 Å². The zero-order valence-corrected chi connectivity index (χ0v) is 9.74. The molecule has 2 aromatic rings. The zero-order valence-electron chi connectivity index (χ0n) is 9.74. The van der Waals surface area contributed by atoms with Crippen LogP contribution in [0, 0.1) is 11.7 Å². The Kier molecular flexibility index (Phi) is 2.59. The topological polar surface area (TPSA) is 38.1 Å². The number of oxazole rings is 1. The molecule has 17 heavy (non-hydrogen) atoms. The van der Waals surface area contributed by atoms with Crippen molar-refractivity contribution >= 4 is 11.1 Å². The minimum absolute atomic E-state index is 0.152. The average Bonchev–Trinajstić information content (AvgIpc) is 2.72. The molecule has 1 aliphatic rings. The lowest BCUT2D eigenvalue weighted by Gasteiger charge is -2.27. The lowest BCUT2D eigenvalue weighted by atomic mass is 9.93. The van der Waals surface area contributed by atoms with Crippen molar-refractivity contribution in [2.45, 2.75) is 25.8 Å². The Hall–Kier alpha value is -1.42. The van der Waals surface area contributed by atoms with Gasteiger partial charge in [0.1, 0.15) is 11.3 Å². The molecule has 1 fully saturated rings. The van der Waals surface area contributed by atoms with E-state index < -0.39 is 0 Å². The third-order valence-electron chi connectivity index (χ3n) is 3.40. The SMILES string of the molecule is CC1CCCNC1c1nc2ccc(F)cc2o1. The molecule has 2 atom stereocenters. The van der Waals surface area contributed by atoms with Crippen LogP contribution in [0.15, 0.2) is 22.6 Å². The summed E-state index contributed by atoms with van der Waals surface area (Å²) in [5.74, 6) is 0.893. The Morgan fingerprint density at radius 1 is 1.47 bits per heavy atom. The van der Waals surface area contributed by atoms with E-state index in [9.17, 15) is 4.39 Å². The predicted molar refractivity (Wildman–Crippen MR) is 63.1 cm³/mol. The van der Waals surface area contributed by atoms with E-state index in [-0.39, 0.29) is 11.9 Å². The quantitative estimate of drug-likeness (QED) is 0.824. The van der Waals surface area contributed by atoms with Crippen LogP contribution in [0.4, 0.5) is 4.39 Å². The molecule has 0 radical (unpaired) electrons. The van der Waals surface area contributed by atoms with Crippen LogP contribution in [-0.2, 0) is 0 Å². The van der Waals surface area contributed by atoms with Gasteiger partial charge in [-0.25, -0.2) is 9.37 Å². The van der Waals surface area contributed by atoms with Crippen molar-refractivity contribution in [3.8, 4) is 0 Å². The number of hydrogen-bond donors (Lipinski definition) is 1. The molecule has 3 nitrogen and oxygen atoms in total. The van der Waals surface area contributed by atoms with Crippen LogP contribution < -0.4 is 5.32 Å². The van der Waals surface area contributed by atoms with E-state index in [1.165, 1.54) is 25.0 Å². The van der Waals surface area contributed by atoms with Crippen molar-refractivity contribution in [2.75, 3.05) is 6.54 Å². The van der Waals surface area contributed by atoms with Crippen LogP contribution in [0.1, 0.15) is 31.7 Å². The highest BCUT2D eigenvalue weighted by Gasteiger charge is 2.26. The molecule has 2 heterocycles. The molecule has 2 unspecified atom stereocenters. The Labute approximate surface area is 99.0 Å². The van der Waals surface area contributed by atoms with E-state index in [4.69, 9.17) is 4.42 Å². The summed E-state index contributed by atoms with van der Waals surface area (Å²) in [5.41, 5.74) is 1.25. The summed E-state index contributed by atoms with van der Waals surface area (Å²) >= 11 is 0. The zero-order chi connectivity index (χ0) is 11.8. The van der Waals surface area contributed by atoms with Gasteiger partial charge in [-0.3, -0.25) is 0 Å². The van der Waals surface area contributed by atoms with Crippen LogP contribution >= 0.6 is 0 Å². The predicted octanol–water partition coefficient (Wildman–Crippen LogP) is 3.03. The van der Waals surface area contributed by atoms with Gasteiger partial charge < -0.3 is 9.73 Å². The average molecular weight is 234 g/mol. The van der Waals surface area contributed by atoms with E-state index >= 15 is 0 Å². The fraction of sp³-hybridized carbons (Fsp3) is 0.462. The summed E-state index contributed by atoms with van der Waals surface area (Å²) < 4.78 is 18.7. The molecule has 0 aliphatic carbocycles. The molecule has 0 spiro atoms. The molecule has 90 valence electrons. The van der Waals surface area contributed by atoms with Crippen molar-refractivity contribution in [1.82, 2.24) is 10.3 Å². The number of fused-ring (bicyclic) bond motifs is 1. The summed E-state index contributed by atoms with van der Waals surface area (Å²) in [6, 6.07) is 4.61. The molecule has 1 aromatic carbocycles. The van der Waals surface area contributed by atoms with E-state index in [0.717, 1.165) is 12.1 Å². The van der Waals surface area contributed by atoms with E-state index in [1.54, 1.807) is 6.07 Å². The van der Waals surface area contributed by atoms with Gasteiger partial charge in [0.15, 0.2) is 5.58 Å². The number of halogens is 1. The van der Waals surface area contributed by atoms with Crippen molar-refractivity contribution in [3.63, 3.8) is 0 Å². The second kappa shape index (κ2) is 4.11. The second-order valence-electron chi connectivity index (χ2n) is 4.72. The Morgan fingerprint density at radius 2 is 2.35 bits per heavy atom. The number of nitrogens with zero attached hydrogens (tertiary/aromatic N) is 1. The number of aromatic nitrogens is 1. The van der Waals surface area contributed by atoms with Gasteiger partial charge in [-0.1, -0.05) is 6.92 Å². The maximum Gasteiger partial charge on any atom is 0.212 e. The van der Waals surface area contributed by atoms with Crippen LogP contribution in [0.25, 0.3) is 11.1 Å². The molecule has 1 aromatic heterocycles. The number of piperidine rings is 1. The molecule has 1 aliphatic heterocycles. The van der Waals surface area contributed by atoms with Crippen molar-refractivity contribution in [3.05, 3.63) is 29.9 Å². The van der Waals surface area contributed by atoms with Crippen LogP contribution in [0.2, 0.25) is 0 Å². The summed E-state index contributed by atoms with van der Waals surface area (Å²) in [5, 5.41) is 3.41. The number of nitrogens with one attached hydrogen (secondary N) is 1. The van der Waals surface area contributed by atoms with E-state index in [0.29, 0.717) is 17.4 Å². The highest BCUT2D eigenvalue weighted by Crippen LogP contribution is 2.30. The standard InChI is InChI=1S/C13H15FN2O/c1-8-3-2-6-15-12(8)13-16-10-5-4-9(14)7-11(10)17-13/h4-5,7-8,12,15H,2-3,6H2,1H3. The van der Waals surface area contributed by atoms with Crippen molar-refractivity contribution in [2.24, 2.45) is 5.92 Å². The largest absolute Gasteiger partial charge is 0.439 e. The van der Waals surface area contributed by atoms with Gasteiger partial charge in [0.25, 0.3) is 0 Å². The summed E-state index contributed by atoms with van der Waals surface area (Å²) in [7, 11) is 0. The molecule has 3 rings (SSSR count). The molecule has 4 heteroatoms. The minimum Gasteiger partial charge on any atom is -0.439 e. The monoisotopic (exact) mass is 234 g/mol. The van der Waals surface area contributed by atoms with Gasteiger partial charge in [0.2, 0.25) is 5.89 Å². The number of benzene rings is 1. The first kappa shape index (κ1) is 10.7. The Morgan fingerprint density at radius 3 is 3.18 bits per heavy atom. The van der Waals surface area contributed by atoms with Gasteiger partial charge in [-0.15, -0.1) is 0 Å². The second-order valence-corrected chi connectivity index (χ2v) is 4.72. The highest BCUT2D eigenvalue weighted by atomic mass is 19.1. The van der Waals surface area contributed by atoms with Gasteiger partial charge >= 0.3 is 0 Å². The van der Waals surface area contributed by atoms with Crippen LogP contribution in [0.5, 0.6) is 0 Å². The number of hydrogen-bond acceptors (Lipinski definition) is 3. The molecule has 1 saturated heterocycles. The van der Waals surface area contributed by atoms with Crippen molar-refractivity contribution < 1.29 is 8.81 Å². The lowest BCUT2D eigenvalue weighted by molar-refractivity contribution is 0.264. The van der Waals surface area contributed by atoms with Gasteiger partial charge in [0, 0.05) is 6.07 Å². The number of rotatable bonds is 1. The molecule has 1 N–H and O–H groups in total. The van der Waals surface area contributed by atoms with E-state index in [2.05, 4.69) is 17.2 Å². The molecular formula is C13H15FN2O. The van der Waals surface area contributed by atoms with Crippen LogP contribution in [0.3, 0.4) is 0 Å². The normalized spacial score (nSPS) is 25.3.